The number of hydrogen-bond donors (Lipinski definition) is 0. The molecule has 0 rings (SSSR count). The predicted molar refractivity (Wildman–Crippen MR) is 57.6 cm³/mol. The molecule has 0 aliphatic rings. The molecule has 0 aliphatic heterocycles. The van der Waals surface area contributed by atoms with E-state index in [1.165, 1.54) is 25.0 Å². The molecule has 2 atom stereocenters. The Balaban J connectivity index is 3.94. The van der Waals surface area contributed by atoms with Gasteiger partial charge in [-0.15, -0.1) is 0 Å². The molecular formula is C11H23NO2. The SMILES string of the molecule is CCCC(C)CC(C)C(=O)N(C)OC. The van der Waals surface area contributed by atoms with Crippen LogP contribution in [0.25, 0.3) is 0 Å². The summed E-state index contributed by atoms with van der Waals surface area (Å²) in [7, 11) is 3.17. The molecule has 1 amide bonds. The Bertz CT molecular complexity index is 171. The number of hydroxylamine groups is 2. The van der Waals surface area contributed by atoms with Crippen LogP contribution in [0.4, 0.5) is 0 Å². The molecule has 0 fully saturated rings. The summed E-state index contributed by atoms with van der Waals surface area (Å²) in [4.78, 5) is 16.5. The van der Waals surface area contributed by atoms with E-state index >= 15 is 0 Å². The van der Waals surface area contributed by atoms with Crippen molar-refractivity contribution in [2.75, 3.05) is 14.2 Å². The molecule has 84 valence electrons. The van der Waals surface area contributed by atoms with Gasteiger partial charge in [0, 0.05) is 13.0 Å². The zero-order chi connectivity index (χ0) is 11.1. The van der Waals surface area contributed by atoms with Gasteiger partial charge in [-0.1, -0.05) is 33.6 Å². The molecule has 0 bridgehead atoms. The molecule has 3 nitrogen and oxygen atoms in total. The van der Waals surface area contributed by atoms with Crippen LogP contribution in [-0.4, -0.2) is 25.1 Å². The Morgan fingerprint density at radius 2 is 2.00 bits per heavy atom. The first-order valence-electron chi connectivity index (χ1n) is 5.34. The van der Waals surface area contributed by atoms with Crippen LogP contribution in [0, 0.1) is 11.8 Å². The van der Waals surface area contributed by atoms with Crippen molar-refractivity contribution in [3.8, 4) is 0 Å². The molecule has 0 saturated carbocycles. The fraction of sp³-hybridized carbons (Fsp3) is 0.909. The summed E-state index contributed by atoms with van der Waals surface area (Å²) in [5, 5.41) is 1.31. The van der Waals surface area contributed by atoms with Gasteiger partial charge in [0.05, 0.1) is 7.11 Å². The largest absolute Gasteiger partial charge is 0.275 e. The van der Waals surface area contributed by atoms with Crippen LogP contribution < -0.4 is 0 Å². The molecule has 0 radical (unpaired) electrons. The topological polar surface area (TPSA) is 29.5 Å². The summed E-state index contributed by atoms with van der Waals surface area (Å²) in [6, 6.07) is 0. The van der Waals surface area contributed by atoms with E-state index < -0.39 is 0 Å². The lowest BCUT2D eigenvalue weighted by atomic mass is 9.93. The third kappa shape index (κ3) is 4.61. The second-order valence-corrected chi connectivity index (χ2v) is 4.05. The van der Waals surface area contributed by atoms with E-state index in [9.17, 15) is 4.79 Å². The highest BCUT2D eigenvalue weighted by atomic mass is 16.7. The summed E-state index contributed by atoms with van der Waals surface area (Å²) in [5.41, 5.74) is 0. The highest BCUT2D eigenvalue weighted by Gasteiger charge is 2.19. The van der Waals surface area contributed by atoms with Crippen molar-refractivity contribution in [1.82, 2.24) is 5.06 Å². The van der Waals surface area contributed by atoms with Crippen LogP contribution >= 0.6 is 0 Å². The molecular weight excluding hydrogens is 178 g/mol. The van der Waals surface area contributed by atoms with Gasteiger partial charge in [-0.25, -0.2) is 5.06 Å². The van der Waals surface area contributed by atoms with Gasteiger partial charge in [-0.05, 0) is 12.3 Å². The van der Waals surface area contributed by atoms with Gasteiger partial charge >= 0.3 is 0 Å². The molecule has 2 unspecified atom stereocenters. The number of rotatable bonds is 6. The summed E-state index contributed by atoms with van der Waals surface area (Å²) in [6.45, 7) is 6.33. The monoisotopic (exact) mass is 201 g/mol. The highest BCUT2D eigenvalue weighted by molar-refractivity contribution is 5.77. The van der Waals surface area contributed by atoms with E-state index in [2.05, 4.69) is 13.8 Å². The van der Waals surface area contributed by atoms with E-state index in [0.29, 0.717) is 5.92 Å². The second-order valence-electron chi connectivity index (χ2n) is 4.05. The van der Waals surface area contributed by atoms with E-state index in [1.54, 1.807) is 7.05 Å². The molecule has 3 heteroatoms. The molecule has 0 aromatic rings. The molecule has 0 aromatic carbocycles. The van der Waals surface area contributed by atoms with Gasteiger partial charge in [0.15, 0.2) is 0 Å². The standard InChI is InChI=1S/C11H23NO2/c1-6-7-9(2)8-10(3)11(13)12(4)14-5/h9-10H,6-8H2,1-5H3. The number of carbonyl (C=O) groups is 1. The molecule has 0 aromatic heterocycles. The lowest BCUT2D eigenvalue weighted by Gasteiger charge is -2.21. The first-order chi connectivity index (χ1) is 6.52. The summed E-state index contributed by atoms with van der Waals surface area (Å²) in [6.07, 6.45) is 3.32. The number of amides is 1. The maximum absolute atomic E-state index is 11.6. The van der Waals surface area contributed by atoms with Gasteiger partial charge in [0.25, 0.3) is 0 Å². The average Bonchev–Trinajstić information content (AvgIpc) is 2.15. The summed E-state index contributed by atoms with van der Waals surface area (Å²) >= 11 is 0. The van der Waals surface area contributed by atoms with Crippen molar-refractivity contribution in [3.63, 3.8) is 0 Å². The molecule has 0 N–H and O–H groups in total. The predicted octanol–water partition coefficient (Wildman–Crippen LogP) is 2.47. The normalized spacial score (nSPS) is 14.9. The zero-order valence-corrected chi connectivity index (χ0v) is 10.0. The number of carbonyl (C=O) groups excluding carboxylic acids is 1. The Kier molecular flexibility index (Phi) is 6.54. The minimum absolute atomic E-state index is 0.0569. The van der Waals surface area contributed by atoms with Crippen LogP contribution in [0.3, 0.4) is 0 Å². The quantitative estimate of drug-likeness (QED) is 0.618. The van der Waals surface area contributed by atoms with Gasteiger partial charge in [-0.3, -0.25) is 9.63 Å². The Morgan fingerprint density at radius 1 is 1.43 bits per heavy atom. The van der Waals surface area contributed by atoms with Crippen LogP contribution in [-0.2, 0) is 9.63 Å². The van der Waals surface area contributed by atoms with E-state index in [4.69, 9.17) is 4.84 Å². The number of hydrogen-bond acceptors (Lipinski definition) is 2. The maximum Gasteiger partial charge on any atom is 0.248 e. The maximum atomic E-state index is 11.6. The molecule has 0 spiro atoms. The Labute approximate surface area is 87.4 Å². The van der Waals surface area contributed by atoms with Gasteiger partial charge < -0.3 is 0 Å². The van der Waals surface area contributed by atoms with E-state index in [0.717, 1.165) is 6.42 Å². The number of nitrogens with zero attached hydrogens (tertiary/aromatic N) is 1. The van der Waals surface area contributed by atoms with E-state index in [-0.39, 0.29) is 11.8 Å². The third-order valence-corrected chi connectivity index (χ3v) is 2.54. The van der Waals surface area contributed by atoms with E-state index in [1.807, 2.05) is 6.92 Å². The van der Waals surface area contributed by atoms with Crippen molar-refractivity contribution < 1.29 is 9.63 Å². The zero-order valence-electron chi connectivity index (χ0n) is 10.0. The van der Waals surface area contributed by atoms with Crippen LogP contribution in [0.1, 0.15) is 40.0 Å². The lowest BCUT2D eigenvalue weighted by molar-refractivity contribution is -0.173. The lowest BCUT2D eigenvalue weighted by Crippen LogP contribution is -2.31. The highest BCUT2D eigenvalue weighted by Crippen LogP contribution is 2.18. The first kappa shape index (κ1) is 13.4. The van der Waals surface area contributed by atoms with Crippen molar-refractivity contribution in [1.29, 1.82) is 0 Å². The van der Waals surface area contributed by atoms with Crippen molar-refractivity contribution in [2.45, 2.75) is 40.0 Å². The van der Waals surface area contributed by atoms with Crippen molar-refractivity contribution >= 4 is 5.91 Å². The molecule has 14 heavy (non-hydrogen) atoms. The van der Waals surface area contributed by atoms with Gasteiger partial charge in [0.2, 0.25) is 5.91 Å². The van der Waals surface area contributed by atoms with Gasteiger partial charge in [-0.2, -0.15) is 0 Å². The fourth-order valence-electron chi connectivity index (χ4n) is 1.72. The fourth-order valence-corrected chi connectivity index (χ4v) is 1.72. The van der Waals surface area contributed by atoms with Crippen LogP contribution in [0.2, 0.25) is 0 Å². The van der Waals surface area contributed by atoms with Crippen molar-refractivity contribution in [2.24, 2.45) is 11.8 Å². The molecule has 0 heterocycles. The second kappa shape index (κ2) is 6.82. The summed E-state index contributed by atoms with van der Waals surface area (Å²) in [5.74, 6) is 0.737. The summed E-state index contributed by atoms with van der Waals surface area (Å²) < 4.78 is 0. The first-order valence-corrected chi connectivity index (χ1v) is 5.34. The third-order valence-electron chi connectivity index (χ3n) is 2.54. The minimum Gasteiger partial charge on any atom is -0.275 e. The Hall–Kier alpha value is -0.570. The molecule has 0 saturated heterocycles. The van der Waals surface area contributed by atoms with Crippen LogP contribution in [0.15, 0.2) is 0 Å². The molecule has 0 aliphatic carbocycles. The Morgan fingerprint density at radius 3 is 2.43 bits per heavy atom. The van der Waals surface area contributed by atoms with Crippen LogP contribution in [0.5, 0.6) is 0 Å². The average molecular weight is 201 g/mol. The minimum atomic E-state index is 0.0569. The van der Waals surface area contributed by atoms with Gasteiger partial charge in [0.1, 0.15) is 0 Å². The van der Waals surface area contributed by atoms with Crippen molar-refractivity contribution in [3.05, 3.63) is 0 Å². The smallest absolute Gasteiger partial charge is 0.248 e.